The Kier molecular flexibility index (Phi) is 5.04. The number of benzene rings is 1. The number of aromatic carboxylic acids is 1. The number of carboxylic acid groups (broad SMARTS) is 1. The number of carbonyl (C=O) groups is 1. The van der Waals surface area contributed by atoms with Gasteiger partial charge in [-0.2, -0.15) is 0 Å². The zero-order valence-corrected chi connectivity index (χ0v) is 12.1. The molecule has 0 bridgehead atoms. The first-order chi connectivity index (χ1) is 7.79. The fraction of sp³-hybridized carbons (Fsp3) is 0.417. The third kappa shape index (κ3) is 5.10. The van der Waals surface area contributed by atoms with Crippen LogP contribution in [0.2, 0.25) is 0 Å². The average molecular weight is 319 g/mol. The maximum absolute atomic E-state index is 11.0. The number of aliphatic hydroxyl groups is 1. The van der Waals surface area contributed by atoms with E-state index in [1.165, 1.54) is 11.8 Å². The van der Waals surface area contributed by atoms with Crippen LogP contribution >= 0.6 is 27.7 Å². The molecule has 0 radical (unpaired) electrons. The van der Waals surface area contributed by atoms with Crippen LogP contribution in [0.25, 0.3) is 0 Å². The van der Waals surface area contributed by atoms with E-state index in [0.717, 1.165) is 9.37 Å². The highest BCUT2D eigenvalue weighted by Crippen LogP contribution is 2.28. The second-order valence-electron chi connectivity index (χ2n) is 4.36. The van der Waals surface area contributed by atoms with Crippen molar-refractivity contribution in [2.24, 2.45) is 0 Å². The van der Waals surface area contributed by atoms with Crippen molar-refractivity contribution in [1.29, 1.82) is 0 Å². The van der Waals surface area contributed by atoms with E-state index in [9.17, 15) is 9.90 Å². The van der Waals surface area contributed by atoms with Gasteiger partial charge >= 0.3 is 5.97 Å². The topological polar surface area (TPSA) is 57.5 Å². The maximum Gasteiger partial charge on any atom is 0.336 e. The minimum atomic E-state index is -0.928. The van der Waals surface area contributed by atoms with Crippen LogP contribution in [0.5, 0.6) is 0 Å². The zero-order chi connectivity index (χ0) is 13.1. The standard InChI is InChI=1S/C12H15BrO3S/c1-12(2,16)5-6-17-10-7-8(13)3-4-9(10)11(14)15/h3-4,7,16H,5-6H2,1-2H3,(H,14,15). The number of halogens is 1. The van der Waals surface area contributed by atoms with E-state index in [1.807, 2.05) is 0 Å². The summed E-state index contributed by atoms with van der Waals surface area (Å²) >= 11 is 4.77. The molecule has 0 heterocycles. The van der Waals surface area contributed by atoms with E-state index in [-0.39, 0.29) is 0 Å². The normalized spacial score (nSPS) is 11.5. The van der Waals surface area contributed by atoms with Gasteiger partial charge in [0.1, 0.15) is 0 Å². The van der Waals surface area contributed by atoms with E-state index in [2.05, 4.69) is 15.9 Å². The molecule has 94 valence electrons. The van der Waals surface area contributed by atoms with Gasteiger partial charge in [-0.25, -0.2) is 4.79 Å². The Bertz CT molecular complexity index is 413. The highest BCUT2D eigenvalue weighted by Gasteiger charge is 2.14. The molecule has 0 aliphatic heterocycles. The molecule has 0 spiro atoms. The van der Waals surface area contributed by atoms with Gasteiger partial charge in [-0.15, -0.1) is 11.8 Å². The predicted molar refractivity (Wildman–Crippen MR) is 72.7 cm³/mol. The van der Waals surface area contributed by atoms with E-state index in [1.54, 1.807) is 32.0 Å². The summed E-state index contributed by atoms with van der Waals surface area (Å²) in [7, 11) is 0. The van der Waals surface area contributed by atoms with Gasteiger partial charge in [-0.05, 0) is 38.5 Å². The van der Waals surface area contributed by atoms with Crippen LogP contribution in [-0.2, 0) is 0 Å². The first kappa shape index (κ1) is 14.5. The molecule has 0 aliphatic carbocycles. The summed E-state index contributed by atoms with van der Waals surface area (Å²) in [5.74, 6) is -0.247. The molecule has 0 atom stereocenters. The van der Waals surface area contributed by atoms with Gasteiger partial charge in [-0.1, -0.05) is 15.9 Å². The van der Waals surface area contributed by atoms with E-state index >= 15 is 0 Å². The highest BCUT2D eigenvalue weighted by molar-refractivity contribution is 9.10. The SMILES string of the molecule is CC(C)(O)CCSc1cc(Br)ccc1C(=O)O. The summed E-state index contributed by atoms with van der Waals surface area (Å²) in [6.07, 6.45) is 0.614. The fourth-order valence-electron chi connectivity index (χ4n) is 1.20. The smallest absolute Gasteiger partial charge is 0.336 e. The third-order valence-electron chi connectivity index (χ3n) is 2.15. The van der Waals surface area contributed by atoms with Gasteiger partial charge in [0.15, 0.2) is 0 Å². The summed E-state index contributed by atoms with van der Waals surface area (Å²) in [6.45, 7) is 3.49. The van der Waals surface area contributed by atoms with Crippen molar-refractivity contribution in [3.05, 3.63) is 28.2 Å². The van der Waals surface area contributed by atoms with Gasteiger partial charge < -0.3 is 10.2 Å². The Morgan fingerprint density at radius 3 is 2.65 bits per heavy atom. The summed E-state index contributed by atoms with van der Waals surface area (Å²) in [5, 5.41) is 18.6. The van der Waals surface area contributed by atoms with Crippen molar-refractivity contribution in [2.75, 3.05) is 5.75 Å². The third-order valence-corrected chi connectivity index (χ3v) is 3.70. The zero-order valence-electron chi connectivity index (χ0n) is 9.74. The van der Waals surface area contributed by atoms with Crippen molar-refractivity contribution < 1.29 is 15.0 Å². The first-order valence-corrected chi connectivity index (χ1v) is 6.95. The lowest BCUT2D eigenvalue weighted by molar-refractivity contribution is 0.0693. The number of rotatable bonds is 5. The summed E-state index contributed by atoms with van der Waals surface area (Å²) < 4.78 is 0.855. The summed E-state index contributed by atoms with van der Waals surface area (Å²) in [4.78, 5) is 11.7. The minimum absolute atomic E-state index is 0.300. The van der Waals surface area contributed by atoms with Crippen LogP contribution < -0.4 is 0 Å². The molecule has 1 aromatic rings. The molecule has 0 saturated heterocycles. The van der Waals surface area contributed by atoms with Gasteiger partial charge in [0.05, 0.1) is 11.2 Å². The Labute approximate surface area is 113 Å². The number of hydrogen-bond donors (Lipinski definition) is 2. The molecule has 0 saturated carbocycles. The molecule has 2 N–H and O–H groups in total. The largest absolute Gasteiger partial charge is 0.478 e. The van der Waals surface area contributed by atoms with Crippen LogP contribution in [0.4, 0.5) is 0 Å². The van der Waals surface area contributed by atoms with Crippen LogP contribution in [-0.4, -0.2) is 27.5 Å². The lowest BCUT2D eigenvalue weighted by atomic mass is 10.1. The maximum atomic E-state index is 11.0. The molecule has 0 aliphatic rings. The first-order valence-electron chi connectivity index (χ1n) is 5.17. The summed E-state index contributed by atoms with van der Waals surface area (Å²) in [6, 6.07) is 5.08. The second kappa shape index (κ2) is 5.89. The van der Waals surface area contributed by atoms with Crippen molar-refractivity contribution >= 4 is 33.7 Å². The Morgan fingerprint density at radius 2 is 2.12 bits per heavy atom. The molecule has 0 unspecified atom stereocenters. The number of thioether (sulfide) groups is 1. The second-order valence-corrected chi connectivity index (χ2v) is 6.41. The van der Waals surface area contributed by atoms with Crippen LogP contribution in [0.3, 0.4) is 0 Å². The number of hydrogen-bond acceptors (Lipinski definition) is 3. The molecule has 5 heteroatoms. The van der Waals surface area contributed by atoms with Gasteiger partial charge in [0.25, 0.3) is 0 Å². The predicted octanol–water partition coefficient (Wildman–Crippen LogP) is 3.40. The molecule has 0 amide bonds. The molecular weight excluding hydrogens is 304 g/mol. The fourth-order valence-corrected chi connectivity index (χ4v) is 3.06. The number of carboxylic acids is 1. The van der Waals surface area contributed by atoms with Crippen LogP contribution in [0, 0.1) is 0 Å². The van der Waals surface area contributed by atoms with E-state index in [4.69, 9.17) is 5.11 Å². The van der Waals surface area contributed by atoms with Crippen molar-refractivity contribution in [1.82, 2.24) is 0 Å². The monoisotopic (exact) mass is 318 g/mol. The van der Waals surface area contributed by atoms with E-state index < -0.39 is 11.6 Å². The molecule has 17 heavy (non-hydrogen) atoms. The minimum Gasteiger partial charge on any atom is -0.478 e. The molecule has 1 aromatic carbocycles. The Balaban J connectivity index is 2.75. The highest BCUT2D eigenvalue weighted by atomic mass is 79.9. The quantitative estimate of drug-likeness (QED) is 0.817. The van der Waals surface area contributed by atoms with Crippen molar-refractivity contribution in [3.8, 4) is 0 Å². The van der Waals surface area contributed by atoms with Crippen molar-refractivity contribution in [3.63, 3.8) is 0 Å². The van der Waals surface area contributed by atoms with Gasteiger partial charge in [0.2, 0.25) is 0 Å². The summed E-state index contributed by atoms with van der Waals surface area (Å²) in [5.41, 5.74) is -0.420. The Morgan fingerprint density at radius 1 is 1.47 bits per heavy atom. The molecule has 0 fully saturated rings. The molecule has 0 aromatic heterocycles. The van der Waals surface area contributed by atoms with Crippen molar-refractivity contribution in [2.45, 2.75) is 30.8 Å². The lowest BCUT2D eigenvalue weighted by Gasteiger charge is -2.16. The average Bonchev–Trinajstić information content (AvgIpc) is 2.15. The lowest BCUT2D eigenvalue weighted by Crippen LogP contribution is -2.19. The Hall–Kier alpha value is -0.520. The molecule has 3 nitrogen and oxygen atoms in total. The van der Waals surface area contributed by atoms with Gasteiger partial charge in [-0.3, -0.25) is 0 Å². The van der Waals surface area contributed by atoms with E-state index in [0.29, 0.717) is 17.7 Å². The van der Waals surface area contributed by atoms with Crippen LogP contribution in [0.15, 0.2) is 27.6 Å². The van der Waals surface area contributed by atoms with Crippen LogP contribution in [0.1, 0.15) is 30.6 Å². The van der Waals surface area contributed by atoms with Gasteiger partial charge in [0, 0.05) is 15.1 Å². The molecular formula is C12H15BrO3S. The molecule has 1 rings (SSSR count).